The van der Waals surface area contributed by atoms with Crippen LogP contribution in [0.2, 0.25) is 0 Å². The number of nitrogens with zero attached hydrogens (tertiary/aromatic N) is 1. The van der Waals surface area contributed by atoms with Gasteiger partial charge in [0.15, 0.2) is 0 Å². The summed E-state index contributed by atoms with van der Waals surface area (Å²) in [5.74, 6) is -1.73. The summed E-state index contributed by atoms with van der Waals surface area (Å²) in [5.41, 5.74) is 1.65. The highest BCUT2D eigenvalue weighted by molar-refractivity contribution is 5.90. The second kappa shape index (κ2) is 6.37. The van der Waals surface area contributed by atoms with Gasteiger partial charge in [-0.05, 0) is 42.0 Å². The number of amides is 2. The Bertz CT molecular complexity index is 868. The van der Waals surface area contributed by atoms with Crippen LogP contribution in [0, 0.1) is 23.6 Å². The number of hydrogen-bond donors (Lipinski definition) is 2. The number of carboxylic acid groups (broad SMARTS) is 1. The van der Waals surface area contributed by atoms with Crippen molar-refractivity contribution >= 4 is 29.2 Å². The molecular weight excluding hydrogens is 355 g/mol. The molecule has 1 heterocycles. The first-order valence-electron chi connectivity index (χ1n) is 8.81. The van der Waals surface area contributed by atoms with E-state index in [9.17, 15) is 18.8 Å². The molecule has 4 atom stereocenters. The van der Waals surface area contributed by atoms with Crippen LogP contribution in [0.4, 0.5) is 14.9 Å². The topological polar surface area (TPSA) is 95.9 Å². The first-order valence-corrected chi connectivity index (χ1v) is 8.81. The molecule has 0 spiro atoms. The molecule has 0 aromatic heterocycles. The van der Waals surface area contributed by atoms with E-state index >= 15 is 0 Å². The highest BCUT2D eigenvalue weighted by atomic mass is 19.1. The van der Waals surface area contributed by atoms with Crippen molar-refractivity contribution in [2.24, 2.45) is 17.8 Å². The number of halogens is 1. The molecule has 2 fully saturated rings. The standard InChI is InChI=1S/C19H19FN2O5/c1-9(23)21-7-12-8-22(19(26)27-12)11-2-3-13(16(20)6-11)10-4-14-15(5-10)17(14)18(24)25/h2-4,6,12,14-15,17H,5,7-8H2,1H3,(H,21,23)(H,24,25)/t12-,14?,15?,17?/m0/s1. The summed E-state index contributed by atoms with van der Waals surface area (Å²) in [6.07, 6.45) is 1.35. The number of aliphatic carboxylic acids is 1. The van der Waals surface area contributed by atoms with Crippen molar-refractivity contribution in [2.75, 3.05) is 18.0 Å². The maximum Gasteiger partial charge on any atom is 0.414 e. The van der Waals surface area contributed by atoms with E-state index in [4.69, 9.17) is 9.84 Å². The minimum absolute atomic E-state index is 0.000305. The molecule has 1 aromatic carbocycles. The van der Waals surface area contributed by atoms with Crippen LogP contribution >= 0.6 is 0 Å². The number of anilines is 1. The Balaban J connectivity index is 1.46. The lowest BCUT2D eigenvalue weighted by Gasteiger charge is -2.15. The predicted octanol–water partition coefficient (Wildman–Crippen LogP) is 2.02. The van der Waals surface area contributed by atoms with Crippen LogP contribution in [-0.4, -0.2) is 42.3 Å². The number of hydrogen-bond acceptors (Lipinski definition) is 4. The van der Waals surface area contributed by atoms with E-state index in [-0.39, 0.29) is 36.8 Å². The predicted molar refractivity (Wildman–Crippen MR) is 93.4 cm³/mol. The number of cyclic esters (lactones) is 1. The third-order valence-electron chi connectivity index (χ3n) is 5.43. The lowest BCUT2D eigenvalue weighted by Crippen LogP contribution is -2.33. The number of nitrogens with one attached hydrogen (secondary N) is 1. The van der Waals surface area contributed by atoms with Gasteiger partial charge in [0.1, 0.15) is 11.9 Å². The van der Waals surface area contributed by atoms with E-state index in [1.807, 2.05) is 6.08 Å². The third kappa shape index (κ3) is 3.15. The number of benzene rings is 1. The summed E-state index contributed by atoms with van der Waals surface area (Å²) >= 11 is 0. The Labute approximate surface area is 154 Å². The van der Waals surface area contributed by atoms with Crippen LogP contribution in [0.25, 0.3) is 5.57 Å². The number of carbonyl (C=O) groups excluding carboxylic acids is 2. The quantitative estimate of drug-likeness (QED) is 0.822. The molecule has 2 amide bonds. The summed E-state index contributed by atoms with van der Waals surface area (Å²) in [7, 11) is 0. The van der Waals surface area contributed by atoms with Crippen molar-refractivity contribution in [3.05, 3.63) is 35.7 Å². The first kappa shape index (κ1) is 17.5. The summed E-state index contributed by atoms with van der Waals surface area (Å²) in [6.45, 7) is 1.81. The SMILES string of the molecule is CC(=O)NC[C@H]1CN(c2ccc(C3=CC4C(C3)C4C(=O)O)c(F)c2)C(=O)O1. The minimum atomic E-state index is -0.794. The summed E-state index contributed by atoms with van der Waals surface area (Å²) in [6, 6.07) is 4.56. The van der Waals surface area contributed by atoms with Gasteiger partial charge in [0.05, 0.1) is 24.7 Å². The molecule has 3 aliphatic rings. The van der Waals surface area contributed by atoms with Crippen LogP contribution < -0.4 is 10.2 Å². The zero-order valence-electron chi connectivity index (χ0n) is 14.6. The number of rotatable bonds is 5. The van der Waals surface area contributed by atoms with E-state index in [0.29, 0.717) is 17.7 Å². The molecule has 0 radical (unpaired) electrons. The largest absolute Gasteiger partial charge is 0.481 e. The van der Waals surface area contributed by atoms with Crippen LogP contribution in [0.3, 0.4) is 0 Å². The van der Waals surface area contributed by atoms with Crippen molar-refractivity contribution in [3.63, 3.8) is 0 Å². The van der Waals surface area contributed by atoms with Gasteiger partial charge in [-0.1, -0.05) is 6.08 Å². The monoisotopic (exact) mass is 374 g/mol. The van der Waals surface area contributed by atoms with Gasteiger partial charge in [0.25, 0.3) is 0 Å². The molecule has 8 heteroatoms. The fourth-order valence-corrected chi connectivity index (χ4v) is 4.02. The maximum absolute atomic E-state index is 14.6. The smallest absolute Gasteiger partial charge is 0.414 e. The average Bonchev–Trinajstić information content (AvgIpc) is 2.94. The molecular formula is C19H19FN2O5. The van der Waals surface area contributed by atoms with Crippen LogP contribution in [-0.2, 0) is 14.3 Å². The summed E-state index contributed by atoms with van der Waals surface area (Å²) in [4.78, 5) is 35.4. The van der Waals surface area contributed by atoms with Gasteiger partial charge in [-0.3, -0.25) is 14.5 Å². The van der Waals surface area contributed by atoms with E-state index in [1.165, 1.54) is 17.9 Å². The number of carboxylic acids is 1. The number of fused-ring (bicyclic) bond motifs is 1. The second-order valence-corrected chi connectivity index (χ2v) is 7.22. The second-order valence-electron chi connectivity index (χ2n) is 7.22. The normalized spacial score (nSPS) is 28.4. The maximum atomic E-state index is 14.6. The molecule has 2 aliphatic carbocycles. The van der Waals surface area contributed by atoms with Crippen molar-refractivity contribution < 1.29 is 28.6 Å². The molecule has 27 heavy (non-hydrogen) atoms. The lowest BCUT2D eigenvalue weighted by atomic mass is 10.00. The van der Waals surface area contributed by atoms with E-state index < -0.39 is 24.0 Å². The molecule has 1 aromatic rings. The molecule has 1 aliphatic heterocycles. The first-order chi connectivity index (χ1) is 12.8. The Hall–Kier alpha value is -2.90. The summed E-state index contributed by atoms with van der Waals surface area (Å²) in [5, 5.41) is 11.7. The van der Waals surface area contributed by atoms with Crippen LogP contribution in [0.1, 0.15) is 18.9 Å². The molecule has 3 unspecified atom stereocenters. The minimum Gasteiger partial charge on any atom is -0.481 e. The van der Waals surface area contributed by atoms with Crippen molar-refractivity contribution in [2.45, 2.75) is 19.4 Å². The van der Waals surface area contributed by atoms with Gasteiger partial charge in [0.2, 0.25) is 5.91 Å². The molecule has 4 rings (SSSR count). The van der Waals surface area contributed by atoms with Gasteiger partial charge in [-0.15, -0.1) is 0 Å². The van der Waals surface area contributed by atoms with Crippen LogP contribution in [0.15, 0.2) is 24.3 Å². The number of allylic oxidation sites excluding steroid dienone is 2. The van der Waals surface area contributed by atoms with Crippen molar-refractivity contribution in [3.8, 4) is 0 Å². The molecule has 7 nitrogen and oxygen atoms in total. The van der Waals surface area contributed by atoms with E-state index in [0.717, 1.165) is 5.57 Å². The Morgan fingerprint density at radius 3 is 2.78 bits per heavy atom. The van der Waals surface area contributed by atoms with E-state index in [1.54, 1.807) is 12.1 Å². The Morgan fingerprint density at radius 1 is 1.41 bits per heavy atom. The molecule has 0 bridgehead atoms. The van der Waals surface area contributed by atoms with Crippen LogP contribution in [0.5, 0.6) is 0 Å². The number of ether oxygens (including phenoxy) is 1. The van der Waals surface area contributed by atoms with Gasteiger partial charge in [0, 0.05) is 12.5 Å². The lowest BCUT2D eigenvalue weighted by molar-refractivity contribution is -0.139. The highest BCUT2D eigenvalue weighted by Crippen LogP contribution is 2.58. The molecule has 2 N–H and O–H groups in total. The zero-order chi connectivity index (χ0) is 19.3. The van der Waals surface area contributed by atoms with Gasteiger partial charge in [-0.2, -0.15) is 0 Å². The molecule has 142 valence electrons. The van der Waals surface area contributed by atoms with E-state index in [2.05, 4.69) is 5.32 Å². The molecule has 1 saturated carbocycles. The number of carbonyl (C=O) groups is 3. The third-order valence-corrected chi connectivity index (χ3v) is 5.43. The summed E-state index contributed by atoms with van der Waals surface area (Å²) < 4.78 is 19.8. The van der Waals surface area contributed by atoms with Gasteiger partial charge >= 0.3 is 12.1 Å². The highest BCUT2D eigenvalue weighted by Gasteiger charge is 2.57. The Kier molecular flexibility index (Phi) is 4.13. The van der Waals surface area contributed by atoms with Crippen molar-refractivity contribution in [1.29, 1.82) is 0 Å². The van der Waals surface area contributed by atoms with Crippen molar-refractivity contribution in [1.82, 2.24) is 5.32 Å². The zero-order valence-corrected chi connectivity index (χ0v) is 14.6. The van der Waals surface area contributed by atoms with Gasteiger partial charge in [-0.25, -0.2) is 9.18 Å². The molecule has 1 saturated heterocycles. The fourth-order valence-electron chi connectivity index (χ4n) is 4.02. The Morgan fingerprint density at radius 2 is 2.19 bits per heavy atom. The average molecular weight is 374 g/mol. The van der Waals surface area contributed by atoms with Gasteiger partial charge < -0.3 is 15.2 Å². The fraction of sp³-hybridized carbons (Fsp3) is 0.421.